The van der Waals surface area contributed by atoms with Gasteiger partial charge in [-0.25, -0.2) is 10.1 Å². The standard InChI is InChI=1S/C21H17N7O2S/c1-2-31-21-24-20(25-26-21)28-10-7-17-15(19(28)30)11-14-16(23-17)6-9-27(18(14)29)12-13-5-3-4-8-22-13/h3-11H,2,12H2,1H3,(H,24,25,26). The van der Waals surface area contributed by atoms with Gasteiger partial charge in [-0.1, -0.05) is 24.8 Å². The molecule has 0 unspecified atom stereocenters. The molecule has 154 valence electrons. The molecule has 0 bridgehead atoms. The van der Waals surface area contributed by atoms with Gasteiger partial charge in [0.25, 0.3) is 11.1 Å². The summed E-state index contributed by atoms with van der Waals surface area (Å²) in [6.45, 7) is 2.34. The quantitative estimate of drug-likeness (QED) is 0.336. The van der Waals surface area contributed by atoms with E-state index in [1.54, 1.807) is 41.4 Å². The number of rotatable bonds is 5. The Kier molecular flexibility index (Phi) is 4.83. The van der Waals surface area contributed by atoms with Crippen LogP contribution in [0.2, 0.25) is 0 Å². The fraction of sp³-hybridized carbons (Fsp3) is 0.143. The van der Waals surface area contributed by atoms with Crippen LogP contribution in [-0.4, -0.2) is 40.0 Å². The summed E-state index contributed by atoms with van der Waals surface area (Å²) in [4.78, 5) is 39.4. The highest BCUT2D eigenvalue weighted by atomic mass is 32.2. The van der Waals surface area contributed by atoms with Crippen molar-refractivity contribution in [3.05, 3.63) is 81.4 Å². The zero-order valence-electron chi connectivity index (χ0n) is 16.5. The zero-order chi connectivity index (χ0) is 21.4. The van der Waals surface area contributed by atoms with E-state index in [0.29, 0.717) is 39.5 Å². The molecular formula is C21H17N7O2S. The minimum Gasteiger partial charge on any atom is -0.309 e. The third-order valence-corrected chi connectivity index (χ3v) is 5.56. The van der Waals surface area contributed by atoms with Crippen LogP contribution in [0.3, 0.4) is 0 Å². The first-order chi connectivity index (χ1) is 15.1. The third-order valence-electron chi connectivity index (χ3n) is 4.83. The lowest BCUT2D eigenvalue weighted by Gasteiger charge is -2.08. The molecule has 5 aromatic rings. The van der Waals surface area contributed by atoms with Gasteiger partial charge in [0, 0.05) is 18.6 Å². The molecule has 0 saturated heterocycles. The molecule has 5 aromatic heterocycles. The van der Waals surface area contributed by atoms with E-state index in [9.17, 15) is 9.59 Å². The molecule has 0 atom stereocenters. The number of aromatic amines is 1. The second-order valence-electron chi connectivity index (χ2n) is 6.79. The van der Waals surface area contributed by atoms with Crippen molar-refractivity contribution in [3.8, 4) is 5.95 Å². The molecule has 0 radical (unpaired) electrons. The minimum absolute atomic E-state index is 0.228. The molecule has 9 nitrogen and oxygen atoms in total. The van der Waals surface area contributed by atoms with Crippen LogP contribution in [0, 0.1) is 0 Å². The lowest BCUT2D eigenvalue weighted by Crippen LogP contribution is -2.22. The topological polar surface area (TPSA) is 111 Å². The molecule has 1 N–H and O–H groups in total. The van der Waals surface area contributed by atoms with Gasteiger partial charge in [0.05, 0.1) is 34.0 Å². The number of pyridine rings is 4. The van der Waals surface area contributed by atoms with Crippen LogP contribution in [0.1, 0.15) is 12.6 Å². The summed E-state index contributed by atoms with van der Waals surface area (Å²) in [5.74, 6) is 1.15. The van der Waals surface area contributed by atoms with Gasteiger partial charge < -0.3 is 4.57 Å². The SMILES string of the molecule is CCSc1n[nH]c(-n2ccc3nc4ccn(Cc5ccccn5)c(=O)c4cc3c2=O)n1. The minimum atomic E-state index is -0.323. The fourth-order valence-electron chi connectivity index (χ4n) is 3.36. The third kappa shape index (κ3) is 3.50. The molecular weight excluding hydrogens is 414 g/mol. The summed E-state index contributed by atoms with van der Waals surface area (Å²) in [6.07, 6.45) is 4.99. The van der Waals surface area contributed by atoms with Crippen molar-refractivity contribution < 1.29 is 0 Å². The van der Waals surface area contributed by atoms with E-state index in [4.69, 9.17) is 0 Å². The number of nitrogens with zero attached hydrogens (tertiary/aromatic N) is 6. The van der Waals surface area contributed by atoms with Crippen LogP contribution in [0.4, 0.5) is 0 Å². The van der Waals surface area contributed by atoms with Crippen molar-refractivity contribution in [1.29, 1.82) is 0 Å². The molecule has 5 rings (SSSR count). The summed E-state index contributed by atoms with van der Waals surface area (Å²) in [6, 6.07) is 10.7. The van der Waals surface area contributed by atoms with E-state index in [2.05, 4.69) is 25.1 Å². The normalized spacial score (nSPS) is 11.4. The molecule has 0 fully saturated rings. The van der Waals surface area contributed by atoms with Crippen molar-refractivity contribution in [2.75, 3.05) is 5.75 Å². The number of hydrogen-bond donors (Lipinski definition) is 1. The molecule has 0 saturated carbocycles. The first-order valence-electron chi connectivity index (χ1n) is 9.65. The van der Waals surface area contributed by atoms with E-state index in [1.165, 1.54) is 16.3 Å². The largest absolute Gasteiger partial charge is 0.309 e. The van der Waals surface area contributed by atoms with E-state index in [-0.39, 0.29) is 11.1 Å². The highest BCUT2D eigenvalue weighted by molar-refractivity contribution is 7.99. The molecule has 0 amide bonds. The van der Waals surface area contributed by atoms with Crippen molar-refractivity contribution in [2.45, 2.75) is 18.6 Å². The van der Waals surface area contributed by atoms with Gasteiger partial charge in [-0.3, -0.25) is 19.1 Å². The Morgan fingerprint density at radius 3 is 2.58 bits per heavy atom. The first-order valence-corrected chi connectivity index (χ1v) is 10.6. The van der Waals surface area contributed by atoms with Crippen LogP contribution < -0.4 is 11.1 Å². The number of thioether (sulfide) groups is 1. The molecule has 0 aromatic carbocycles. The Labute approximate surface area is 179 Å². The molecule has 0 aliphatic rings. The Balaban J connectivity index is 1.64. The molecule has 31 heavy (non-hydrogen) atoms. The number of nitrogens with one attached hydrogen (secondary N) is 1. The lowest BCUT2D eigenvalue weighted by molar-refractivity contribution is 0.746. The lowest BCUT2D eigenvalue weighted by atomic mass is 10.2. The average Bonchev–Trinajstić information content (AvgIpc) is 3.25. The monoisotopic (exact) mass is 431 g/mol. The predicted octanol–water partition coefficient (Wildman–Crippen LogP) is 2.37. The second-order valence-corrected chi connectivity index (χ2v) is 8.02. The maximum Gasteiger partial charge on any atom is 0.266 e. The van der Waals surface area contributed by atoms with E-state index >= 15 is 0 Å². The Morgan fingerprint density at radius 2 is 1.81 bits per heavy atom. The highest BCUT2D eigenvalue weighted by Gasteiger charge is 2.13. The number of H-pyrrole nitrogens is 1. The second kappa shape index (κ2) is 7.80. The maximum atomic E-state index is 13.1. The summed E-state index contributed by atoms with van der Waals surface area (Å²) >= 11 is 1.48. The number of aromatic nitrogens is 7. The van der Waals surface area contributed by atoms with Gasteiger partial charge in [-0.05, 0) is 36.1 Å². The van der Waals surface area contributed by atoms with Gasteiger partial charge in [-0.15, -0.1) is 5.10 Å². The highest BCUT2D eigenvalue weighted by Crippen LogP contribution is 2.16. The van der Waals surface area contributed by atoms with Gasteiger partial charge >= 0.3 is 0 Å². The van der Waals surface area contributed by atoms with Crippen LogP contribution >= 0.6 is 11.8 Å². The maximum absolute atomic E-state index is 13.1. The van der Waals surface area contributed by atoms with Gasteiger partial charge in [0.2, 0.25) is 11.1 Å². The van der Waals surface area contributed by atoms with Crippen molar-refractivity contribution in [2.24, 2.45) is 0 Å². The zero-order valence-corrected chi connectivity index (χ0v) is 17.3. The van der Waals surface area contributed by atoms with Crippen molar-refractivity contribution in [1.82, 2.24) is 34.3 Å². The summed E-state index contributed by atoms with van der Waals surface area (Å²) in [7, 11) is 0. The first kappa shape index (κ1) is 19.2. The van der Waals surface area contributed by atoms with Crippen molar-refractivity contribution >= 4 is 33.6 Å². The van der Waals surface area contributed by atoms with Crippen molar-refractivity contribution in [3.63, 3.8) is 0 Å². The Bertz CT molecular complexity index is 1520. The van der Waals surface area contributed by atoms with Gasteiger partial charge in [-0.2, -0.15) is 4.98 Å². The van der Waals surface area contributed by atoms with Crippen LogP contribution in [0.25, 0.3) is 27.8 Å². The molecule has 5 heterocycles. The fourth-order valence-corrected chi connectivity index (χ4v) is 3.88. The van der Waals surface area contributed by atoms with Crippen LogP contribution in [0.5, 0.6) is 0 Å². The summed E-state index contributed by atoms with van der Waals surface area (Å²) in [5, 5.41) is 8.18. The smallest absolute Gasteiger partial charge is 0.266 e. The molecule has 0 aliphatic carbocycles. The Hall–Kier alpha value is -3.79. The summed E-state index contributed by atoms with van der Waals surface area (Å²) < 4.78 is 2.93. The van der Waals surface area contributed by atoms with Crippen LogP contribution in [-0.2, 0) is 6.54 Å². The predicted molar refractivity (Wildman–Crippen MR) is 119 cm³/mol. The molecule has 0 spiro atoms. The van der Waals surface area contributed by atoms with E-state index < -0.39 is 0 Å². The van der Waals surface area contributed by atoms with Gasteiger partial charge in [0.1, 0.15) is 0 Å². The summed E-state index contributed by atoms with van der Waals surface area (Å²) in [5.41, 5.74) is 1.27. The van der Waals surface area contributed by atoms with E-state index in [1.807, 2.05) is 25.1 Å². The molecule has 0 aliphatic heterocycles. The van der Waals surface area contributed by atoms with Gasteiger partial charge in [0.15, 0.2) is 0 Å². The number of fused-ring (bicyclic) bond motifs is 2. The average molecular weight is 431 g/mol. The Morgan fingerprint density at radius 1 is 1.00 bits per heavy atom. The number of hydrogen-bond acceptors (Lipinski definition) is 7. The van der Waals surface area contributed by atoms with Crippen LogP contribution in [0.15, 0.2) is 69.7 Å². The van der Waals surface area contributed by atoms with E-state index in [0.717, 1.165) is 11.4 Å². The molecule has 10 heteroatoms.